The molecule has 0 saturated carbocycles. The predicted octanol–water partition coefficient (Wildman–Crippen LogP) is 2.21. The lowest BCUT2D eigenvalue weighted by molar-refractivity contribution is -0.176. The molecule has 7 nitrogen and oxygen atoms in total. The van der Waals surface area contributed by atoms with Gasteiger partial charge in [0.05, 0.1) is 25.4 Å². The maximum absolute atomic E-state index is 11.5. The van der Waals surface area contributed by atoms with E-state index in [1.807, 2.05) is 6.92 Å². The van der Waals surface area contributed by atoms with Crippen molar-refractivity contribution in [1.82, 2.24) is 0 Å². The second-order valence-corrected chi connectivity index (χ2v) is 5.32. The van der Waals surface area contributed by atoms with Crippen molar-refractivity contribution in [2.45, 2.75) is 59.7 Å². The van der Waals surface area contributed by atoms with Crippen LogP contribution in [0, 0.1) is 5.92 Å². The third-order valence-electron chi connectivity index (χ3n) is 2.74. The summed E-state index contributed by atoms with van der Waals surface area (Å²) in [7, 11) is 0. The molecule has 0 rings (SSSR count). The van der Waals surface area contributed by atoms with E-state index in [-0.39, 0.29) is 37.9 Å². The van der Waals surface area contributed by atoms with E-state index in [0.717, 1.165) is 12.8 Å². The molecule has 7 heteroatoms. The molecule has 23 heavy (non-hydrogen) atoms. The summed E-state index contributed by atoms with van der Waals surface area (Å²) in [5.74, 6) is -1.62. The number of carbonyl (C=O) groups is 3. The van der Waals surface area contributed by atoms with Gasteiger partial charge in [0.2, 0.25) is 0 Å². The maximum atomic E-state index is 11.5. The standard InChI is InChI=1S/C16H28O7/c1-5-6-9-20-13(4)23-15(18)8-7-14(17)21-10-11-22-16(19)12(2)3/h12-13H,5-11H2,1-4H3. The van der Waals surface area contributed by atoms with E-state index < -0.39 is 18.2 Å². The van der Waals surface area contributed by atoms with Crippen LogP contribution in [0.5, 0.6) is 0 Å². The Balaban J connectivity index is 3.68. The monoisotopic (exact) mass is 332 g/mol. The largest absolute Gasteiger partial charge is 0.462 e. The highest BCUT2D eigenvalue weighted by Gasteiger charge is 2.13. The van der Waals surface area contributed by atoms with Crippen molar-refractivity contribution in [3.05, 3.63) is 0 Å². The Morgan fingerprint density at radius 1 is 0.870 bits per heavy atom. The Labute approximate surface area is 137 Å². The molecule has 0 amide bonds. The van der Waals surface area contributed by atoms with Crippen LogP contribution in [0.4, 0.5) is 0 Å². The first-order chi connectivity index (χ1) is 10.9. The number of ether oxygens (including phenoxy) is 4. The first-order valence-electron chi connectivity index (χ1n) is 8.00. The van der Waals surface area contributed by atoms with Gasteiger partial charge in [0.25, 0.3) is 0 Å². The fraction of sp³-hybridized carbons (Fsp3) is 0.812. The van der Waals surface area contributed by atoms with Gasteiger partial charge in [0, 0.05) is 0 Å². The molecule has 0 heterocycles. The molecule has 0 N–H and O–H groups in total. The number of hydrogen-bond acceptors (Lipinski definition) is 7. The summed E-state index contributed by atoms with van der Waals surface area (Å²) in [4.78, 5) is 34.1. The Morgan fingerprint density at radius 2 is 1.48 bits per heavy atom. The zero-order valence-corrected chi connectivity index (χ0v) is 14.5. The van der Waals surface area contributed by atoms with Crippen LogP contribution in [0.2, 0.25) is 0 Å². The Morgan fingerprint density at radius 3 is 2.09 bits per heavy atom. The third kappa shape index (κ3) is 12.6. The summed E-state index contributed by atoms with van der Waals surface area (Å²) >= 11 is 0. The van der Waals surface area contributed by atoms with E-state index in [1.165, 1.54) is 0 Å². The molecular formula is C16H28O7. The fourth-order valence-corrected chi connectivity index (χ4v) is 1.41. The molecule has 0 spiro atoms. The van der Waals surface area contributed by atoms with Crippen molar-refractivity contribution in [3.63, 3.8) is 0 Å². The van der Waals surface area contributed by atoms with E-state index in [4.69, 9.17) is 18.9 Å². The Hall–Kier alpha value is -1.63. The van der Waals surface area contributed by atoms with Gasteiger partial charge in [0.1, 0.15) is 13.2 Å². The molecule has 1 unspecified atom stereocenters. The molecule has 0 aromatic rings. The highest BCUT2D eigenvalue weighted by Crippen LogP contribution is 2.02. The van der Waals surface area contributed by atoms with Gasteiger partial charge in [-0.25, -0.2) is 0 Å². The molecule has 0 saturated heterocycles. The second-order valence-electron chi connectivity index (χ2n) is 5.32. The number of hydrogen-bond donors (Lipinski definition) is 0. The minimum Gasteiger partial charge on any atom is -0.462 e. The SMILES string of the molecule is CCCCOC(C)OC(=O)CCC(=O)OCCOC(=O)C(C)C. The van der Waals surface area contributed by atoms with E-state index in [9.17, 15) is 14.4 Å². The van der Waals surface area contributed by atoms with Gasteiger partial charge in [-0.2, -0.15) is 0 Å². The summed E-state index contributed by atoms with van der Waals surface area (Å²) < 4.78 is 20.0. The molecule has 0 aliphatic rings. The van der Waals surface area contributed by atoms with E-state index in [1.54, 1.807) is 20.8 Å². The van der Waals surface area contributed by atoms with Gasteiger partial charge in [-0.1, -0.05) is 27.2 Å². The summed E-state index contributed by atoms with van der Waals surface area (Å²) in [5.41, 5.74) is 0. The number of rotatable bonds is 12. The zero-order chi connectivity index (χ0) is 17.7. The smallest absolute Gasteiger partial charge is 0.308 e. The van der Waals surface area contributed by atoms with Crippen molar-refractivity contribution < 1.29 is 33.3 Å². The molecule has 1 atom stereocenters. The van der Waals surface area contributed by atoms with Crippen LogP contribution in [-0.4, -0.2) is 44.0 Å². The summed E-state index contributed by atoms with van der Waals surface area (Å²) in [6.45, 7) is 7.62. The Kier molecular flexibility index (Phi) is 12.0. The number of carbonyl (C=O) groups excluding carboxylic acids is 3. The van der Waals surface area contributed by atoms with Crippen LogP contribution in [0.25, 0.3) is 0 Å². The number of unbranched alkanes of at least 4 members (excludes halogenated alkanes) is 1. The van der Waals surface area contributed by atoms with Crippen molar-refractivity contribution in [2.24, 2.45) is 5.92 Å². The van der Waals surface area contributed by atoms with Crippen LogP contribution < -0.4 is 0 Å². The van der Waals surface area contributed by atoms with Gasteiger partial charge in [0.15, 0.2) is 6.29 Å². The van der Waals surface area contributed by atoms with Gasteiger partial charge in [-0.15, -0.1) is 0 Å². The fourth-order valence-electron chi connectivity index (χ4n) is 1.41. The van der Waals surface area contributed by atoms with Gasteiger partial charge >= 0.3 is 17.9 Å². The van der Waals surface area contributed by atoms with Crippen molar-refractivity contribution in [3.8, 4) is 0 Å². The lowest BCUT2D eigenvalue weighted by Crippen LogP contribution is -2.20. The Bertz CT molecular complexity index is 365. The van der Waals surface area contributed by atoms with Gasteiger partial charge < -0.3 is 18.9 Å². The topological polar surface area (TPSA) is 88.1 Å². The van der Waals surface area contributed by atoms with E-state index in [0.29, 0.717) is 6.61 Å². The van der Waals surface area contributed by atoms with E-state index in [2.05, 4.69) is 0 Å². The molecular weight excluding hydrogens is 304 g/mol. The van der Waals surface area contributed by atoms with Crippen LogP contribution >= 0.6 is 0 Å². The highest BCUT2D eigenvalue weighted by molar-refractivity contribution is 5.77. The van der Waals surface area contributed by atoms with Crippen LogP contribution in [0.3, 0.4) is 0 Å². The molecule has 0 aromatic heterocycles. The molecule has 134 valence electrons. The first kappa shape index (κ1) is 21.4. The normalized spacial score (nSPS) is 11.9. The summed E-state index contributed by atoms with van der Waals surface area (Å²) in [5, 5.41) is 0. The molecule has 0 aliphatic heterocycles. The summed E-state index contributed by atoms with van der Waals surface area (Å²) in [6, 6.07) is 0. The maximum Gasteiger partial charge on any atom is 0.308 e. The second kappa shape index (κ2) is 12.9. The third-order valence-corrected chi connectivity index (χ3v) is 2.74. The lowest BCUT2D eigenvalue weighted by atomic mass is 10.2. The highest BCUT2D eigenvalue weighted by atomic mass is 16.7. The molecule has 0 bridgehead atoms. The van der Waals surface area contributed by atoms with Crippen LogP contribution in [-0.2, 0) is 33.3 Å². The van der Waals surface area contributed by atoms with Crippen LogP contribution in [0.1, 0.15) is 53.4 Å². The molecule has 0 radical (unpaired) electrons. The average Bonchev–Trinajstić information content (AvgIpc) is 2.49. The van der Waals surface area contributed by atoms with Crippen molar-refractivity contribution >= 4 is 17.9 Å². The van der Waals surface area contributed by atoms with Crippen molar-refractivity contribution in [1.29, 1.82) is 0 Å². The van der Waals surface area contributed by atoms with Gasteiger partial charge in [-0.05, 0) is 13.3 Å². The van der Waals surface area contributed by atoms with Crippen LogP contribution in [0.15, 0.2) is 0 Å². The molecule has 0 aliphatic carbocycles. The average molecular weight is 332 g/mol. The lowest BCUT2D eigenvalue weighted by Gasteiger charge is -2.13. The minimum atomic E-state index is -0.625. The number of esters is 3. The quantitative estimate of drug-likeness (QED) is 0.234. The summed E-state index contributed by atoms with van der Waals surface area (Å²) in [6.07, 6.45) is 1.11. The zero-order valence-electron chi connectivity index (χ0n) is 14.5. The van der Waals surface area contributed by atoms with Gasteiger partial charge in [-0.3, -0.25) is 14.4 Å². The van der Waals surface area contributed by atoms with E-state index >= 15 is 0 Å². The first-order valence-corrected chi connectivity index (χ1v) is 8.00. The van der Waals surface area contributed by atoms with Crippen molar-refractivity contribution in [2.75, 3.05) is 19.8 Å². The molecule has 0 fully saturated rings. The molecule has 0 aromatic carbocycles. The predicted molar refractivity (Wildman–Crippen MR) is 82.4 cm³/mol. The minimum absolute atomic E-state index is 0.00943.